The average Bonchev–Trinajstić information content (AvgIpc) is 1.64. The topological polar surface area (TPSA) is 77.8 Å². The molecular formula is C2H4FMgNO4. The van der Waals surface area contributed by atoms with E-state index in [0.29, 0.717) is 0 Å². The first-order valence-corrected chi connectivity index (χ1v) is 1.47. The Balaban J connectivity index is -0.0000000817. The summed E-state index contributed by atoms with van der Waals surface area (Å²) < 4.78 is 11.3. The molecule has 0 aromatic heterocycles. The number of hydrogen-bond acceptors (Lipinski definition) is 2. The number of hydrogen-bond donors (Lipinski definition) is 2. The molecule has 0 radical (unpaired) electrons. The number of amides is 2. The van der Waals surface area contributed by atoms with Crippen LogP contribution in [0.5, 0.6) is 0 Å². The van der Waals surface area contributed by atoms with E-state index in [9.17, 15) is 14.1 Å². The van der Waals surface area contributed by atoms with Crippen LogP contribution in [0.25, 0.3) is 0 Å². The van der Waals surface area contributed by atoms with E-state index in [0.717, 1.165) is 0 Å². The summed E-state index contributed by atoms with van der Waals surface area (Å²) >= 11 is 0. The van der Waals surface area contributed by atoms with Crippen LogP contribution in [0.3, 0.4) is 0 Å². The molecule has 2 N–H and O–H groups in total. The fourth-order valence-electron chi connectivity index (χ4n) is 0.0818. The third-order valence-corrected chi connectivity index (χ3v) is 0.336. The second kappa shape index (κ2) is 4.33. The average molecular weight is 149 g/mol. The van der Waals surface area contributed by atoms with E-state index < -0.39 is 17.3 Å². The number of halogens is 1. The summed E-state index contributed by atoms with van der Waals surface area (Å²) in [5, 5.41) is 13.7. The first kappa shape index (κ1) is 11.3. The minimum atomic E-state index is -2.14. The van der Waals surface area contributed by atoms with Gasteiger partial charge in [0.15, 0.2) is 0 Å². The molecule has 0 aromatic carbocycles. The van der Waals surface area contributed by atoms with E-state index in [1.165, 1.54) is 0 Å². The van der Waals surface area contributed by atoms with Crippen molar-refractivity contribution in [1.82, 2.24) is 5.12 Å². The Labute approximate surface area is 68.1 Å². The van der Waals surface area contributed by atoms with Crippen LogP contribution in [0.15, 0.2) is 0 Å². The van der Waals surface area contributed by atoms with Gasteiger partial charge in [-0.15, -0.1) is 0 Å². The predicted octanol–water partition coefficient (Wildman–Crippen LogP) is 0.373. The van der Waals surface area contributed by atoms with Crippen molar-refractivity contribution < 1.29 is 27.1 Å². The molecular weight excluding hydrogens is 145 g/mol. The maximum Gasteiger partial charge on any atom is 2.00 e. The first-order valence-electron chi connectivity index (χ1n) is 1.47. The molecule has 0 saturated carbocycles. The fourth-order valence-corrected chi connectivity index (χ4v) is 0.0818. The van der Waals surface area contributed by atoms with E-state index in [2.05, 4.69) is 0 Å². The number of imide groups is 1. The van der Waals surface area contributed by atoms with E-state index in [4.69, 9.17) is 10.2 Å². The van der Waals surface area contributed by atoms with Gasteiger partial charge in [-0.2, -0.15) is 0 Å². The third-order valence-electron chi connectivity index (χ3n) is 0.336. The number of rotatable bonds is 0. The largest absolute Gasteiger partial charge is 2.00 e. The fraction of sp³-hybridized carbons (Fsp3) is 0. The molecule has 2 amide bonds. The molecule has 0 heterocycles. The molecule has 0 bridgehead atoms. The summed E-state index contributed by atoms with van der Waals surface area (Å²) in [5.41, 5.74) is 0. The van der Waals surface area contributed by atoms with Crippen LogP contribution in [0.1, 0.15) is 2.85 Å². The van der Waals surface area contributed by atoms with E-state index in [-0.39, 0.29) is 25.9 Å². The van der Waals surface area contributed by atoms with Crippen molar-refractivity contribution in [3.63, 3.8) is 0 Å². The number of carbonyl (C=O) groups is 2. The Hall–Kier alpha value is -0.564. The smallest absolute Gasteiger partial charge is 1.00 e. The van der Waals surface area contributed by atoms with Crippen LogP contribution < -0.4 is 0 Å². The maximum absolute atomic E-state index is 11.3. The van der Waals surface area contributed by atoms with Gasteiger partial charge in [0.25, 0.3) is 0 Å². The van der Waals surface area contributed by atoms with E-state index >= 15 is 0 Å². The van der Waals surface area contributed by atoms with Gasteiger partial charge in [-0.05, 0) is 5.12 Å². The standard InChI is InChI=1S/C2H2FNO4.Mg.2H/c3-4(1(5)6)2(7)8;;;/h(H,5,6)(H,7,8);;;/q;+2;2*-1. The van der Waals surface area contributed by atoms with Crippen molar-refractivity contribution in [2.24, 2.45) is 0 Å². The van der Waals surface area contributed by atoms with Crippen molar-refractivity contribution in [3.05, 3.63) is 0 Å². The van der Waals surface area contributed by atoms with Crippen LogP contribution in [-0.2, 0) is 0 Å². The summed E-state index contributed by atoms with van der Waals surface area (Å²) in [6, 6.07) is 0. The summed E-state index contributed by atoms with van der Waals surface area (Å²) in [6.07, 6.45) is -4.28. The van der Waals surface area contributed by atoms with Gasteiger partial charge in [0.1, 0.15) is 0 Å². The second-order valence-corrected chi connectivity index (χ2v) is 0.846. The molecule has 0 atom stereocenters. The molecule has 50 valence electrons. The number of nitrogens with zero attached hydrogens (tertiary/aromatic N) is 1. The third kappa shape index (κ3) is 3.97. The molecule has 0 rings (SSSR count). The molecule has 0 unspecified atom stereocenters. The van der Waals surface area contributed by atoms with Crippen LogP contribution in [0.4, 0.5) is 14.1 Å². The van der Waals surface area contributed by atoms with Gasteiger partial charge in [0.05, 0.1) is 0 Å². The number of carboxylic acid groups (broad SMARTS) is 2. The molecule has 0 aliphatic rings. The quantitative estimate of drug-likeness (QED) is 0.385. The molecule has 9 heavy (non-hydrogen) atoms. The molecule has 0 aromatic rings. The zero-order chi connectivity index (χ0) is 6.73. The van der Waals surface area contributed by atoms with Crippen LogP contribution >= 0.6 is 0 Å². The maximum atomic E-state index is 11.3. The molecule has 0 spiro atoms. The van der Waals surface area contributed by atoms with Gasteiger partial charge in [-0.3, -0.25) is 0 Å². The molecule has 7 heteroatoms. The van der Waals surface area contributed by atoms with E-state index in [1.807, 2.05) is 0 Å². The van der Waals surface area contributed by atoms with Crippen LogP contribution in [0.2, 0.25) is 0 Å². The predicted molar refractivity (Wildman–Crippen MR) is 27.0 cm³/mol. The van der Waals surface area contributed by atoms with E-state index in [1.54, 1.807) is 0 Å². The first-order chi connectivity index (χ1) is 3.55. The Morgan fingerprint density at radius 1 is 1.33 bits per heavy atom. The minimum absolute atomic E-state index is 0. The Bertz CT molecular complexity index is 121. The van der Waals surface area contributed by atoms with Crippen molar-refractivity contribution in [1.29, 1.82) is 0 Å². The van der Waals surface area contributed by atoms with Crippen molar-refractivity contribution in [3.8, 4) is 0 Å². The summed E-state index contributed by atoms with van der Waals surface area (Å²) in [5.74, 6) is 0. The van der Waals surface area contributed by atoms with Crippen molar-refractivity contribution in [2.45, 2.75) is 0 Å². The van der Waals surface area contributed by atoms with Crippen molar-refractivity contribution >= 4 is 35.2 Å². The van der Waals surface area contributed by atoms with Crippen LogP contribution in [-0.4, -0.2) is 50.6 Å². The molecule has 0 fully saturated rings. The Morgan fingerprint density at radius 3 is 1.56 bits per heavy atom. The van der Waals surface area contributed by atoms with Gasteiger partial charge < -0.3 is 13.1 Å². The van der Waals surface area contributed by atoms with Gasteiger partial charge in [-0.1, -0.05) is 4.48 Å². The molecule has 5 nitrogen and oxygen atoms in total. The van der Waals surface area contributed by atoms with Crippen molar-refractivity contribution in [2.75, 3.05) is 0 Å². The van der Waals surface area contributed by atoms with Gasteiger partial charge in [0, 0.05) is 0 Å². The minimum Gasteiger partial charge on any atom is -1.00 e. The Kier molecular flexibility index (Phi) is 5.42. The molecule has 0 aliphatic heterocycles. The van der Waals surface area contributed by atoms with Gasteiger partial charge >= 0.3 is 35.2 Å². The normalized spacial score (nSPS) is 7.22. The SMILES string of the molecule is O=C(O)N(F)C(=O)O.[H-].[H-].[Mg+2]. The zero-order valence-electron chi connectivity index (χ0n) is 6.24. The van der Waals surface area contributed by atoms with Gasteiger partial charge in [-0.25, -0.2) is 9.59 Å². The Morgan fingerprint density at radius 2 is 1.56 bits per heavy atom. The zero-order valence-corrected chi connectivity index (χ0v) is 5.66. The second-order valence-electron chi connectivity index (χ2n) is 0.846. The summed E-state index contributed by atoms with van der Waals surface area (Å²) in [7, 11) is 0. The van der Waals surface area contributed by atoms with Crippen LogP contribution in [0, 0.1) is 0 Å². The molecule has 0 aliphatic carbocycles. The monoisotopic (exact) mass is 149 g/mol. The van der Waals surface area contributed by atoms with Gasteiger partial charge in [0.2, 0.25) is 0 Å². The summed E-state index contributed by atoms with van der Waals surface area (Å²) in [4.78, 5) is 18.6. The summed E-state index contributed by atoms with van der Waals surface area (Å²) in [6.45, 7) is 0. The molecule has 0 saturated heterocycles.